The molecule has 3 aromatic carbocycles. The lowest BCUT2D eigenvalue weighted by Gasteiger charge is -2.21. The molecule has 0 saturated heterocycles. The second-order valence-corrected chi connectivity index (χ2v) is 9.44. The number of rotatable bonds is 5. The van der Waals surface area contributed by atoms with Gasteiger partial charge in [-0.05, 0) is 71.8 Å². The van der Waals surface area contributed by atoms with Gasteiger partial charge in [0.1, 0.15) is 5.75 Å². The van der Waals surface area contributed by atoms with Crippen molar-refractivity contribution in [3.63, 3.8) is 0 Å². The Labute approximate surface area is 198 Å². The second kappa shape index (κ2) is 8.49. The van der Waals surface area contributed by atoms with Gasteiger partial charge >= 0.3 is 0 Å². The van der Waals surface area contributed by atoms with E-state index in [1.54, 1.807) is 18.4 Å². The zero-order valence-electron chi connectivity index (χ0n) is 18.6. The van der Waals surface area contributed by atoms with E-state index in [2.05, 4.69) is 71.1 Å². The zero-order chi connectivity index (χ0) is 22.2. The molecule has 1 atom stereocenters. The number of hydrogen-bond acceptors (Lipinski definition) is 5. The number of nitrogens with zero attached hydrogens (tertiary/aromatic N) is 3. The Morgan fingerprint density at radius 3 is 2.52 bits per heavy atom. The van der Waals surface area contributed by atoms with Gasteiger partial charge in [-0.2, -0.15) is 5.10 Å². The Kier molecular flexibility index (Phi) is 5.19. The minimum absolute atomic E-state index is 0.143. The van der Waals surface area contributed by atoms with Crippen LogP contribution in [-0.2, 0) is 12.8 Å². The van der Waals surface area contributed by atoms with Gasteiger partial charge in [-0.25, -0.2) is 9.99 Å². The van der Waals surface area contributed by atoms with Gasteiger partial charge in [0, 0.05) is 17.4 Å². The van der Waals surface area contributed by atoms with Crippen molar-refractivity contribution in [2.24, 2.45) is 5.10 Å². The van der Waals surface area contributed by atoms with Gasteiger partial charge in [-0.3, -0.25) is 0 Å². The fourth-order valence-corrected chi connectivity index (χ4v) is 5.64. The highest BCUT2D eigenvalue weighted by Crippen LogP contribution is 2.40. The summed E-state index contributed by atoms with van der Waals surface area (Å²) in [4.78, 5) is 4.98. The lowest BCUT2D eigenvalue weighted by Crippen LogP contribution is -2.18. The molecule has 1 aliphatic carbocycles. The van der Waals surface area contributed by atoms with Crippen LogP contribution in [0.15, 0.2) is 83.3 Å². The monoisotopic (exact) mass is 451 g/mol. The number of aryl methyl sites for hydroxylation is 2. The van der Waals surface area contributed by atoms with Gasteiger partial charge in [0.05, 0.1) is 24.6 Å². The normalized spacial score (nSPS) is 17.2. The van der Waals surface area contributed by atoms with Crippen LogP contribution in [0.1, 0.15) is 41.1 Å². The molecule has 6 rings (SSSR count). The van der Waals surface area contributed by atoms with Crippen LogP contribution < -0.4 is 9.75 Å². The van der Waals surface area contributed by atoms with Crippen LogP contribution in [0.3, 0.4) is 0 Å². The van der Waals surface area contributed by atoms with Gasteiger partial charge in [0.25, 0.3) is 0 Å². The number of thiazole rings is 1. The maximum atomic E-state index is 5.29. The highest BCUT2D eigenvalue weighted by atomic mass is 32.1. The number of fused-ring (bicyclic) bond motifs is 1. The molecular formula is C28H25N3OS. The van der Waals surface area contributed by atoms with E-state index < -0.39 is 0 Å². The summed E-state index contributed by atoms with van der Waals surface area (Å²) in [7, 11) is 1.68. The van der Waals surface area contributed by atoms with Crippen molar-refractivity contribution in [1.82, 2.24) is 4.98 Å². The van der Waals surface area contributed by atoms with Gasteiger partial charge in [-0.1, -0.05) is 42.5 Å². The number of hydrogen-bond donors (Lipinski definition) is 0. The van der Waals surface area contributed by atoms with Crippen LogP contribution in [0.2, 0.25) is 0 Å². The number of hydrazone groups is 1. The van der Waals surface area contributed by atoms with Gasteiger partial charge in [0.15, 0.2) is 0 Å². The Hall–Kier alpha value is -3.44. The van der Waals surface area contributed by atoms with Gasteiger partial charge in [0.2, 0.25) is 5.13 Å². The number of methoxy groups -OCH3 is 1. The summed E-state index contributed by atoms with van der Waals surface area (Å²) < 4.78 is 5.29. The molecule has 0 fully saturated rings. The molecule has 1 unspecified atom stereocenters. The van der Waals surface area contributed by atoms with E-state index in [4.69, 9.17) is 14.8 Å². The summed E-state index contributed by atoms with van der Waals surface area (Å²) in [5.74, 6) is 0.849. The van der Waals surface area contributed by atoms with E-state index in [0.29, 0.717) is 0 Å². The van der Waals surface area contributed by atoms with E-state index >= 15 is 0 Å². The lowest BCUT2D eigenvalue weighted by atomic mass is 9.97. The number of benzene rings is 3. The molecule has 4 nitrogen and oxygen atoms in total. The smallest absolute Gasteiger partial charge is 0.207 e. The van der Waals surface area contributed by atoms with Crippen LogP contribution in [0.4, 0.5) is 5.13 Å². The van der Waals surface area contributed by atoms with E-state index in [1.165, 1.54) is 41.5 Å². The molecule has 0 bridgehead atoms. The first-order chi connectivity index (χ1) is 16.3. The third-order valence-corrected chi connectivity index (χ3v) is 7.43. The van der Waals surface area contributed by atoms with E-state index in [0.717, 1.165) is 34.3 Å². The molecule has 33 heavy (non-hydrogen) atoms. The van der Waals surface area contributed by atoms with Crippen molar-refractivity contribution in [3.8, 4) is 17.0 Å². The first-order valence-electron chi connectivity index (χ1n) is 11.4. The highest BCUT2D eigenvalue weighted by Gasteiger charge is 2.32. The van der Waals surface area contributed by atoms with Crippen LogP contribution in [-0.4, -0.2) is 17.8 Å². The molecule has 0 N–H and O–H groups in total. The average molecular weight is 452 g/mol. The first kappa shape index (κ1) is 20.2. The van der Waals surface area contributed by atoms with Gasteiger partial charge in [-0.15, -0.1) is 11.3 Å². The molecular weight excluding hydrogens is 426 g/mol. The fourth-order valence-electron chi connectivity index (χ4n) is 4.81. The first-order valence-corrected chi connectivity index (χ1v) is 12.3. The van der Waals surface area contributed by atoms with Crippen LogP contribution >= 0.6 is 11.3 Å². The molecule has 4 aromatic rings. The minimum Gasteiger partial charge on any atom is -0.497 e. The minimum atomic E-state index is 0.143. The molecule has 0 radical (unpaired) electrons. The van der Waals surface area contributed by atoms with Crippen LogP contribution in [0.25, 0.3) is 11.3 Å². The maximum absolute atomic E-state index is 5.29. The van der Waals surface area contributed by atoms with Crippen molar-refractivity contribution < 1.29 is 4.74 Å². The summed E-state index contributed by atoms with van der Waals surface area (Å²) in [5.41, 5.74) is 8.67. The molecule has 2 heterocycles. The summed E-state index contributed by atoms with van der Waals surface area (Å²) in [6.45, 7) is 0. The molecule has 0 spiro atoms. The lowest BCUT2D eigenvalue weighted by molar-refractivity contribution is 0.415. The Bertz CT molecular complexity index is 1310. The number of anilines is 1. The quantitative estimate of drug-likeness (QED) is 0.340. The molecule has 1 aromatic heterocycles. The third-order valence-electron chi connectivity index (χ3n) is 6.60. The van der Waals surface area contributed by atoms with E-state index in [-0.39, 0.29) is 6.04 Å². The highest BCUT2D eigenvalue weighted by molar-refractivity contribution is 7.14. The topological polar surface area (TPSA) is 37.7 Å². The summed E-state index contributed by atoms with van der Waals surface area (Å²) in [6.07, 6.45) is 4.52. The Balaban J connectivity index is 1.36. The van der Waals surface area contributed by atoms with Crippen molar-refractivity contribution in [2.45, 2.75) is 31.7 Å². The molecule has 0 amide bonds. The van der Waals surface area contributed by atoms with Crippen molar-refractivity contribution in [3.05, 3.63) is 100 Å². The third kappa shape index (κ3) is 3.83. The zero-order valence-corrected chi connectivity index (χ0v) is 19.4. The molecule has 164 valence electrons. The van der Waals surface area contributed by atoms with Crippen LogP contribution in [0.5, 0.6) is 5.75 Å². The Morgan fingerprint density at radius 1 is 0.909 bits per heavy atom. The largest absolute Gasteiger partial charge is 0.497 e. The number of ether oxygens (including phenoxy) is 1. The predicted molar refractivity (Wildman–Crippen MR) is 135 cm³/mol. The Morgan fingerprint density at radius 2 is 1.70 bits per heavy atom. The predicted octanol–water partition coefficient (Wildman–Crippen LogP) is 6.66. The van der Waals surface area contributed by atoms with Gasteiger partial charge < -0.3 is 4.74 Å². The second-order valence-electron chi connectivity index (χ2n) is 8.60. The summed E-state index contributed by atoms with van der Waals surface area (Å²) >= 11 is 1.64. The molecule has 5 heteroatoms. The van der Waals surface area contributed by atoms with Crippen molar-refractivity contribution >= 4 is 22.2 Å². The summed E-state index contributed by atoms with van der Waals surface area (Å²) in [5, 5.41) is 10.3. The average Bonchev–Trinajstić information content (AvgIpc) is 3.63. The number of aromatic nitrogens is 1. The SMILES string of the molecule is COc1ccc(-c2csc(N3N=C(c4ccc5c(c4)CCC5)CC3c3ccccc3)n2)cc1. The summed E-state index contributed by atoms with van der Waals surface area (Å²) in [6, 6.07) is 25.8. The standard InChI is InChI=1S/C28H25N3OS/c1-32-24-14-12-20(13-15-24)26-18-33-28(29-26)31-27(21-6-3-2-4-7-21)17-25(30-31)23-11-10-19-8-5-9-22(19)16-23/h2-4,6-7,10-16,18,27H,5,8-9,17H2,1H3. The molecule has 1 aliphatic heterocycles. The van der Waals surface area contributed by atoms with Crippen molar-refractivity contribution in [1.29, 1.82) is 0 Å². The van der Waals surface area contributed by atoms with E-state index in [9.17, 15) is 0 Å². The maximum Gasteiger partial charge on any atom is 0.207 e. The van der Waals surface area contributed by atoms with Crippen molar-refractivity contribution in [2.75, 3.05) is 12.1 Å². The molecule has 0 saturated carbocycles. The van der Waals surface area contributed by atoms with Crippen LogP contribution in [0, 0.1) is 0 Å². The molecule has 2 aliphatic rings. The van der Waals surface area contributed by atoms with E-state index in [1.807, 2.05) is 12.1 Å². The fraction of sp³-hybridized carbons (Fsp3) is 0.214.